The van der Waals surface area contributed by atoms with Gasteiger partial charge in [0, 0.05) is 27.8 Å². The lowest BCUT2D eigenvalue weighted by atomic mass is 9.97. The Bertz CT molecular complexity index is 1180. The summed E-state index contributed by atoms with van der Waals surface area (Å²) < 4.78 is 0. The zero-order valence-electron chi connectivity index (χ0n) is 15.0. The molecule has 4 rings (SSSR count). The van der Waals surface area contributed by atoms with Gasteiger partial charge in [-0.2, -0.15) is 5.26 Å². The normalized spacial score (nSPS) is 16.2. The monoisotopic (exact) mass is 441 g/mol. The molecule has 0 bridgehead atoms. The zero-order chi connectivity index (χ0) is 20.5. The third-order valence-corrected chi connectivity index (χ3v) is 5.86. The average molecular weight is 442 g/mol. The number of nitriles is 1. The van der Waals surface area contributed by atoms with Crippen LogP contribution in [-0.4, -0.2) is 16.0 Å². The quantitative estimate of drug-likeness (QED) is 0.548. The number of hydrogen-bond donors (Lipinski definition) is 2. The van der Waals surface area contributed by atoms with Crippen LogP contribution in [0.3, 0.4) is 0 Å². The SMILES string of the molecule is CC1=C(c2nc(-c3ccc(C#N)cc3)cs2)C(c2ccc(Cl)nc2Cl)NC(=O)N1. The molecule has 1 unspecified atom stereocenters. The lowest BCUT2D eigenvalue weighted by molar-refractivity contribution is 0.240. The number of allylic oxidation sites excluding steroid dienone is 1. The molecule has 3 aromatic rings. The molecule has 29 heavy (non-hydrogen) atoms. The Balaban J connectivity index is 1.76. The molecule has 0 spiro atoms. The predicted molar refractivity (Wildman–Crippen MR) is 114 cm³/mol. The lowest BCUT2D eigenvalue weighted by Crippen LogP contribution is -2.43. The van der Waals surface area contributed by atoms with Crippen molar-refractivity contribution in [3.8, 4) is 17.3 Å². The first-order valence-corrected chi connectivity index (χ1v) is 10.2. The fourth-order valence-electron chi connectivity index (χ4n) is 3.09. The number of carbonyl (C=O) groups excluding carboxylic acids is 1. The highest BCUT2D eigenvalue weighted by atomic mass is 35.5. The van der Waals surface area contributed by atoms with Gasteiger partial charge < -0.3 is 10.6 Å². The summed E-state index contributed by atoms with van der Waals surface area (Å²) in [6.45, 7) is 1.82. The van der Waals surface area contributed by atoms with Crippen molar-refractivity contribution in [2.45, 2.75) is 13.0 Å². The molecule has 0 saturated heterocycles. The lowest BCUT2D eigenvalue weighted by Gasteiger charge is -2.28. The van der Waals surface area contributed by atoms with Crippen molar-refractivity contribution in [1.29, 1.82) is 5.26 Å². The third-order valence-electron chi connectivity index (χ3n) is 4.47. The van der Waals surface area contributed by atoms with E-state index in [1.165, 1.54) is 11.3 Å². The zero-order valence-corrected chi connectivity index (χ0v) is 17.4. The molecule has 0 aliphatic carbocycles. The second-order valence-electron chi connectivity index (χ2n) is 6.31. The summed E-state index contributed by atoms with van der Waals surface area (Å²) in [6.07, 6.45) is 0. The number of carbonyl (C=O) groups is 1. The van der Waals surface area contributed by atoms with Crippen LogP contribution >= 0.6 is 34.5 Å². The van der Waals surface area contributed by atoms with E-state index in [-0.39, 0.29) is 16.3 Å². The summed E-state index contributed by atoms with van der Waals surface area (Å²) in [6, 6.07) is 11.9. The number of pyridine rings is 1. The van der Waals surface area contributed by atoms with E-state index in [0.717, 1.165) is 21.8 Å². The van der Waals surface area contributed by atoms with Crippen LogP contribution in [0.2, 0.25) is 10.3 Å². The van der Waals surface area contributed by atoms with E-state index in [1.807, 2.05) is 24.4 Å². The summed E-state index contributed by atoms with van der Waals surface area (Å²) in [4.78, 5) is 21.0. The van der Waals surface area contributed by atoms with E-state index in [9.17, 15) is 4.79 Å². The van der Waals surface area contributed by atoms with Gasteiger partial charge in [-0.1, -0.05) is 41.4 Å². The number of halogens is 2. The molecule has 1 atom stereocenters. The van der Waals surface area contributed by atoms with Gasteiger partial charge in [-0.05, 0) is 25.1 Å². The largest absolute Gasteiger partial charge is 0.327 e. The van der Waals surface area contributed by atoms with Crippen molar-refractivity contribution in [2.24, 2.45) is 0 Å². The molecule has 0 fully saturated rings. The Kier molecular flexibility index (Phi) is 5.24. The van der Waals surface area contributed by atoms with Crippen molar-refractivity contribution in [2.75, 3.05) is 0 Å². The average Bonchev–Trinajstić information content (AvgIpc) is 3.17. The standard InChI is InChI=1S/C20H13Cl2N5OS/c1-10-16(17(27-20(28)24-10)13-6-7-15(21)26-18(13)22)19-25-14(9-29-19)12-4-2-11(8-23)3-5-12/h2-7,9,17H,1H3,(H2,24,27,28). The smallest absolute Gasteiger partial charge is 0.319 e. The van der Waals surface area contributed by atoms with Crippen LogP contribution in [0.15, 0.2) is 47.5 Å². The highest BCUT2D eigenvalue weighted by Crippen LogP contribution is 2.39. The maximum absolute atomic E-state index is 12.1. The topological polar surface area (TPSA) is 90.7 Å². The number of aromatic nitrogens is 2. The second-order valence-corrected chi connectivity index (χ2v) is 7.91. The number of rotatable bonds is 3. The van der Waals surface area contributed by atoms with Crippen LogP contribution in [0, 0.1) is 11.3 Å². The van der Waals surface area contributed by atoms with E-state index in [1.54, 1.807) is 24.3 Å². The predicted octanol–water partition coefficient (Wildman–Crippen LogP) is 5.17. The molecule has 3 heterocycles. The Morgan fingerprint density at radius 2 is 1.90 bits per heavy atom. The van der Waals surface area contributed by atoms with Gasteiger partial charge in [0.2, 0.25) is 0 Å². The second kappa shape index (κ2) is 7.84. The van der Waals surface area contributed by atoms with Crippen LogP contribution < -0.4 is 10.6 Å². The van der Waals surface area contributed by atoms with E-state index < -0.39 is 6.04 Å². The molecule has 1 aliphatic heterocycles. The fourth-order valence-corrected chi connectivity index (χ4v) is 4.51. The number of amides is 2. The number of benzene rings is 1. The first-order chi connectivity index (χ1) is 14.0. The van der Waals surface area contributed by atoms with Crippen LogP contribution in [0.5, 0.6) is 0 Å². The molecule has 2 amide bonds. The Morgan fingerprint density at radius 3 is 2.59 bits per heavy atom. The van der Waals surface area contributed by atoms with Crippen LogP contribution in [-0.2, 0) is 0 Å². The molecular weight excluding hydrogens is 429 g/mol. The first-order valence-electron chi connectivity index (χ1n) is 8.53. The van der Waals surface area contributed by atoms with E-state index >= 15 is 0 Å². The molecule has 0 radical (unpaired) electrons. The Labute approximate surface area is 180 Å². The molecule has 6 nitrogen and oxygen atoms in total. The van der Waals surface area contributed by atoms with E-state index in [4.69, 9.17) is 33.4 Å². The van der Waals surface area contributed by atoms with E-state index in [0.29, 0.717) is 16.8 Å². The van der Waals surface area contributed by atoms with Gasteiger partial charge in [-0.25, -0.2) is 14.8 Å². The Morgan fingerprint density at radius 1 is 1.14 bits per heavy atom. The molecule has 1 aromatic carbocycles. The van der Waals surface area contributed by atoms with Gasteiger partial charge in [0.25, 0.3) is 0 Å². The van der Waals surface area contributed by atoms with Gasteiger partial charge in [0.05, 0.1) is 23.4 Å². The molecular formula is C20H13Cl2N5OS. The number of urea groups is 1. The summed E-state index contributed by atoms with van der Waals surface area (Å²) in [5, 5.41) is 17.8. The van der Waals surface area contributed by atoms with Crippen LogP contribution in [0.1, 0.15) is 29.1 Å². The number of nitrogens with zero attached hydrogens (tertiary/aromatic N) is 3. The summed E-state index contributed by atoms with van der Waals surface area (Å²) >= 11 is 13.7. The summed E-state index contributed by atoms with van der Waals surface area (Å²) in [5.41, 5.74) is 4.40. The summed E-state index contributed by atoms with van der Waals surface area (Å²) in [5.74, 6) is 0. The number of hydrogen-bond acceptors (Lipinski definition) is 5. The van der Waals surface area contributed by atoms with Crippen molar-refractivity contribution < 1.29 is 4.79 Å². The van der Waals surface area contributed by atoms with Gasteiger partial charge in [-0.15, -0.1) is 11.3 Å². The molecule has 144 valence electrons. The van der Waals surface area contributed by atoms with Gasteiger partial charge in [0.15, 0.2) is 0 Å². The minimum atomic E-state index is -0.513. The highest BCUT2D eigenvalue weighted by Gasteiger charge is 2.31. The number of nitrogens with one attached hydrogen (secondary N) is 2. The fraction of sp³-hybridized carbons (Fsp3) is 0.100. The van der Waals surface area contributed by atoms with Gasteiger partial charge in [-0.3, -0.25) is 0 Å². The van der Waals surface area contributed by atoms with Crippen molar-refractivity contribution in [3.05, 3.63) is 73.9 Å². The minimum Gasteiger partial charge on any atom is -0.327 e. The van der Waals surface area contributed by atoms with Crippen molar-refractivity contribution >= 4 is 46.1 Å². The number of thiazole rings is 1. The molecule has 2 aromatic heterocycles. The maximum Gasteiger partial charge on any atom is 0.319 e. The van der Waals surface area contributed by atoms with Crippen LogP contribution in [0.4, 0.5) is 4.79 Å². The maximum atomic E-state index is 12.1. The minimum absolute atomic E-state index is 0.221. The van der Waals surface area contributed by atoms with Crippen molar-refractivity contribution in [3.63, 3.8) is 0 Å². The van der Waals surface area contributed by atoms with Gasteiger partial charge >= 0.3 is 6.03 Å². The first kappa shape index (κ1) is 19.4. The van der Waals surface area contributed by atoms with Crippen molar-refractivity contribution in [1.82, 2.24) is 20.6 Å². The highest BCUT2D eigenvalue weighted by molar-refractivity contribution is 7.11. The van der Waals surface area contributed by atoms with Crippen LogP contribution in [0.25, 0.3) is 16.8 Å². The molecule has 9 heteroatoms. The molecule has 1 aliphatic rings. The Hall–Kier alpha value is -2.92. The molecule has 2 N–H and O–H groups in total. The van der Waals surface area contributed by atoms with Gasteiger partial charge in [0.1, 0.15) is 15.3 Å². The van der Waals surface area contributed by atoms with E-state index in [2.05, 4.69) is 21.7 Å². The molecule has 0 saturated carbocycles. The summed E-state index contributed by atoms with van der Waals surface area (Å²) in [7, 11) is 0. The third kappa shape index (κ3) is 3.83.